The zero-order chi connectivity index (χ0) is 16.2. The minimum absolute atomic E-state index is 0.263. The molecular weight excluding hydrogens is 294 g/mol. The zero-order valence-electron chi connectivity index (χ0n) is 12.7. The van der Waals surface area contributed by atoms with Gasteiger partial charge in [-0.1, -0.05) is 24.3 Å². The number of rotatable bonds is 5. The van der Waals surface area contributed by atoms with E-state index < -0.39 is 18.1 Å². The SMILES string of the molecule is NC(=O)[C@H](Cc1ccc2ccccc2n1)NC(=O)[C@@H]1CCCO1. The van der Waals surface area contributed by atoms with Crippen molar-refractivity contribution in [3.05, 3.63) is 42.1 Å². The maximum absolute atomic E-state index is 12.1. The number of primary amides is 1. The topological polar surface area (TPSA) is 94.3 Å². The maximum atomic E-state index is 12.1. The van der Waals surface area contributed by atoms with Crippen LogP contribution in [0.2, 0.25) is 0 Å². The Morgan fingerprint density at radius 1 is 1.30 bits per heavy atom. The van der Waals surface area contributed by atoms with Crippen molar-refractivity contribution in [2.24, 2.45) is 5.73 Å². The third-order valence-corrected chi connectivity index (χ3v) is 3.95. The summed E-state index contributed by atoms with van der Waals surface area (Å²) in [5, 5.41) is 3.70. The van der Waals surface area contributed by atoms with Crippen molar-refractivity contribution in [3.63, 3.8) is 0 Å². The third kappa shape index (κ3) is 3.65. The summed E-state index contributed by atoms with van der Waals surface area (Å²) in [6, 6.07) is 10.7. The molecule has 3 N–H and O–H groups in total. The van der Waals surface area contributed by atoms with E-state index in [1.165, 1.54) is 0 Å². The maximum Gasteiger partial charge on any atom is 0.249 e. The largest absolute Gasteiger partial charge is 0.368 e. The van der Waals surface area contributed by atoms with Gasteiger partial charge in [-0.2, -0.15) is 0 Å². The Bertz CT molecular complexity index is 726. The Balaban J connectivity index is 1.72. The highest BCUT2D eigenvalue weighted by molar-refractivity contribution is 5.89. The molecule has 2 amide bonds. The summed E-state index contributed by atoms with van der Waals surface area (Å²) in [5.41, 5.74) is 6.98. The number of hydrogen-bond donors (Lipinski definition) is 2. The van der Waals surface area contributed by atoms with Gasteiger partial charge in [0.05, 0.1) is 5.52 Å². The van der Waals surface area contributed by atoms with Crippen LogP contribution in [0.5, 0.6) is 0 Å². The van der Waals surface area contributed by atoms with Gasteiger partial charge in [-0.25, -0.2) is 0 Å². The fourth-order valence-electron chi connectivity index (χ4n) is 2.70. The first kappa shape index (κ1) is 15.4. The summed E-state index contributed by atoms with van der Waals surface area (Å²) in [5.74, 6) is -0.863. The molecule has 23 heavy (non-hydrogen) atoms. The van der Waals surface area contributed by atoms with Crippen LogP contribution >= 0.6 is 0 Å². The average Bonchev–Trinajstić information content (AvgIpc) is 3.08. The van der Waals surface area contributed by atoms with E-state index in [1.807, 2.05) is 36.4 Å². The lowest BCUT2D eigenvalue weighted by Gasteiger charge is -2.17. The van der Waals surface area contributed by atoms with E-state index in [0.29, 0.717) is 18.7 Å². The van der Waals surface area contributed by atoms with Gasteiger partial charge in [0.1, 0.15) is 12.1 Å². The van der Waals surface area contributed by atoms with Gasteiger partial charge in [-0.05, 0) is 25.0 Å². The Morgan fingerprint density at radius 3 is 2.87 bits per heavy atom. The van der Waals surface area contributed by atoms with Gasteiger partial charge in [0.2, 0.25) is 11.8 Å². The molecule has 1 aromatic heterocycles. The normalized spacial score (nSPS) is 18.7. The van der Waals surface area contributed by atoms with E-state index in [2.05, 4.69) is 10.3 Å². The van der Waals surface area contributed by atoms with Gasteiger partial charge in [-0.3, -0.25) is 14.6 Å². The molecule has 0 unspecified atom stereocenters. The van der Waals surface area contributed by atoms with Crippen LogP contribution in [0.25, 0.3) is 10.9 Å². The second kappa shape index (κ2) is 6.75. The van der Waals surface area contributed by atoms with Crippen LogP contribution in [-0.2, 0) is 20.7 Å². The Hall–Kier alpha value is -2.47. The van der Waals surface area contributed by atoms with Crippen molar-refractivity contribution < 1.29 is 14.3 Å². The molecule has 6 nitrogen and oxygen atoms in total. The van der Waals surface area contributed by atoms with Gasteiger partial charge in [0, 0.05) is 24.1 Å². The number of aromatic nitrogens is 1. The minimum atomic E-state index is -0.791. The number of para-hydroxylation sites is 1. The molecule has 120 valence electrons. The second-order valence-corrected chi connectivity index (χ2v) is 5.66. The number of nitrogens with zero attached hydrogens (tertiary/aromatic N) is 1. The van der Waals surface area contributed by atoms with Gasteiger partial charge < -0.3 is 15.8 Å². The van der Waals surface area contributed by atoms with E-state index in [9.17, 15) is 9.59 Å². The van der Waals surface area contributed by atoms with Crippen LogP contribution in [0.1, 0.15) is 18.5 Å². The molecule has 1 aliphatic heterocycles. The van der Waals surface area contributed by atoms with Crippen molar-refractivity contribution in [1.82, 2.24) is 10.3 Å². The number of benzene rings is 1. The second-order valence-electron chi connectivity index (χ2n) is 5.66. The molecule has 1 aliphatic rings. The number of carbonyl (C=O) groups excluding carboxylic acids is 2. The molecule has 2 atom stereocenters. The Kier molecular flexibility index (Phi) is 4.52. The van der Waals surface area contributed by atoms with Crippen molar-refractivity contribution >= 4 is 22.7 Å². The molecule has 1 aromatic carbocycles. The van der Waals surface area contributed by atoms with Crippen LogP contribution < -0.4 is 11.1 Å². The smallest absolute Gasteiger partial charge is 0.249 e. The van der Waals surface area contributed by atoms with Crippen molar-refractivity contribution in [2.75, 3.05) is 6.61 Å². The Labute approximate surface area is 134 Å². The predicted octanol–water partition coefficient (Wildman–Crippen LogP) is 0.926. The molecule has 0 radical (unpaired) electrons. The van der Waals surface area contributed by atoms with Gasteiger partial charge >= 0.3 is 0 Å². The van der Waals surface area contributed by atoms with Crippen LogP contribution in [0.15, 0.2) is 36.4 Å². The first-order chi connectivity index (χ1) is 11.1. The van der Waals surface area contributed by atoms with Crippen molar-refractivity contribution in [3.8, 4) is 0 Å². The molecule has 1 fully saturated rings. The van der Waals surface area contributed by atoms with E-state index in [4.69, 9.17) is 10.5 Å². The summed E-state index contributed by atoms with van der Waals surface area (Å²) in [4.78, 5) is 28.3. The summed E-state index contributed by atoms with van der Waals surface area (Å²) < 4.78 is 5.32. The molecule has 0 saturated carbocycles. The van der Waals surface area contributed by atoms with Gasteiger partial charge in [0.25, 0.3) is 0 Å². The van der Waals surface area contributed by atoms with Crippen LogP contribution in [-0.4, -0.2) is 35.6 Å². The highest BCUT2D eigenvalue weighted by Crippen LogP contribution is 2.14. The highest BCUT2D eigenvalue weighted by atomic mass is 16.5. The van der Waals surface area contributed by atoms with E-state index in [1.54, 1.807) is 0 Å². The standard InChI is InChI=1S/C17H19N3O3/c18-16(21)14(20-17(22)15-6-3-9-23-15)10-12-8-7-11-4-1-2-5-13(11)19-12/h1-2,4-5,7-8,14-15H,3,6,9-10H2,(H2,18,21)(H,20,22)/t14-,15-/m0/s1. The number of hydrogen-bond acceptors (Lipinski definition) is 4. The van der Waals surface area contributed by atoms with Crippen molar-refractivity contribution in [1.29, 1.82) is 0 Å². The average molecular weight is 313 g/mol. The molecule has 0 aliphatic carbocycles. The van der Waals surface area contributed by atoms with Gasteiger partial charge in [-0.15, -0.1) is 0 Å². The summed E-state index contributed by atoms with van der Waals surface area (Å²) in [6.45, 7) is 0.575. The lowest BCUT2D eigenvalue weighted by atomic mass is 10.1. The summed E-state index contributed by atoms with van der Waals surface area (Å²) in [6.07, 6.45) is 1.30. The zero-order valence-corrected chi connectivity index (χ0v) is 12.7. The van der Waals surface area contributed by atoms with Crippen LogP contribution in [0.3, 0.4) is 0 Å². The minimum Gasteiger partial charge on any atom is -0.368 e. The van der Waals surface area contributed by atoms with Crippen molar-refractivity contribution in [2.45, 2.75) is 31.4 Å². The number of fused-ring (bicyclic) bond motifs is 1. The first-order valence-electron chi connectivity index (χ1n) is 7.69. The third-order valence-electron chi connectivity index (χ3n) is 3.95. The monoisotopic (exact) mass is 313 g/mol. The number of carbonyl (C=O) groups is 2. The fraction of sp³-hybridized carbons (Fsp3) is 0.353. The highest BCUT2D eigenvalue weighted by Gasteiger charge is 2.27. The molecule has 2 heterocycles. The molecule has 1 saturated heterocycles. The summed E-state index contributed by atoms with van der Waals surface area (Å²) >= 11 is 0. The lowest BCUT2D eigenvalue weighted by molar-refractivity contribution is -0.133. The fourth-order valence-corrected chi connectivity index (χ4v) is 2.70. The molecular formula is C17H19N3O3. The predicted molar refractivity (Wildman–Crippen MR) is 85.5 cm³/mol. The number of nitrogens with one attached hydrogen (secondary N) is 1. The first-order valence-corrected chi connectivity index (χ1v) is 7.69. The van der Waals surface area contributed by atoms with E-state index in [0.717, 1.165) is 17.3 Å². The lowest BCUT2D eigenvalue weighted by Crippen LogP contribution is -2.49. The van der Waals surface area contributed by atoms with Crippen LogP contribution in [0, 0.1) is 0 Å². The number of pyridine rings is 1. The molecule has 6 heteroatoms. The molecule has 2 aromatic rings. The van der Waals surface area contributed by atoms with E-state index in [-0.39, 0.29) is 12.3 Å². The van der Waals surface area contributed by atoms with Gasteiger partial charge in [0.15, 0.2) is 0 Å². The molecule has 0 spiro atoms. The molecule has 3 rings (SSSR count). The van der Waals surface area contributed by atoms with Crippen LogP contribution in [0.4, 0.5) is 0 Å². The van der Waals surface area contributed by atoms with E-state index >= 15 is 0 Å². The number of nitrogens with two attached hydrogens (primary N) is 1. The molecule has 0 bridgehead atoms. The number of amides is 2. The number of ether oxygens (including phenoxy) is 1. The Morgan fingerprint density at radius 2 is 2.13 bits per heavy atom. The quantitative estimate of drug-likeness (QED) is 0.858. The summed E-state index contributed by atoms with van der Waals surface area (Å²) in [7, 11) is 0.